The molecule has 0 aromatic rings. The van der Waals surface area contributed by atoms with Crippen molar-refractivity contribution in [2.75, 3.05) is 0 Å². The normalized spacial score (nSPS) is 52.0. The molecule has 0 spiro atoms. The van der Waals surface area contributed by atoms with E-state index in [1.54, 1.807) is 0 Å². The molecule has 4 aliphatic carbocycles. The largest absolute Gasteiger partial charge is 0.382 e. The average Bonchev–Trinajstić information content (AvgIpc) is 2.80. The molecular weight excluding hydrogens is 336 g/mol. The van der Waals surface area contributed by atoms with Crippen molar-refractivity contribution in [2.45, 2.75) is 76.7 Å². The summed E-state index contributed by atoms with van der Waals surface area (Å²) in [5, 5.41) is 11.1. The molecule has 25 heavy (non-hydrogen) atoms. The van der Waals surface area contributed by atoms with Crippen LogP contribution in [-0.2, 0) is 9.59 Å². The molecule has 4 aliphatic rings. The minimum Gasteiger partial charge on any atom is -0.382 e. The first-order valence-corrected chi connectivity index (χ1v) is 10.2. The van der Waals surface area contributed by atoms with E-state index >= 15 is 0 Å². The summed E-state index contributed by atoms with van der Waals surface area (Å²) in [5.41, 5.74) is -0.357. The van der Waals surface area contributed by atoms with E-state index in [2.05, 4.69) is 13.8 Å². The van der Waals surface area contributed by atoms with E-state index in [-0.39, 0.29) is 22.4 Å². The molecule has 7 atom stereocenters. The highest BCUT2D eigenvalue weighted by Gasteiger charge is 2.67. The van der Waals surface area contributed by atoms with Gasteiger partial charge in [-0.1, -0.05) is 19.4 Å². The van der Waals surface area contributed by atoms with E-state index in [0.717, 1.165) is 25.7 Å². The van der Waals surface area contributed by atoms with Gasteiger partial charge in [0.25, 0.3) is 0 Å². The van der Waals surface area contributed by atoms with Gasteiger partial charge < -0.3 is 5.11 Å². The molecule has 4 rings (SSSR count). The van der Waals surface area contributed by atoms with Gasteiger partial charge in [0.2, 0.25) is 0 Å². The SMILES string of the molecule is CC(=O)[C@@]1(O)CC[C@H]2[C@@H]3CCC4=CC(=O)CC[C@]4(C)[C@H]3C(Cl)C[C@@]21C. The molecule has 3 fully saturated rings. The van der Waals surface area contributed by atoms with E-state index < -0.39 is 11.0 Å². The molecule has 0 radical (unpaired) electrons. The first-order valence-electron chi connectivity index (χ1n) is 9.75. The maximum absolute atomic E-state index is 12.3. The summed E-state index contributed by atoms with van der Waals surface area (Å²) in [6.45, 7) is 5.92. The number of hydrogen-bond donors (Lipinski definition) is 1. The van der Waals surface area contributed by atoms with Crippen LogP contribution >= 0.6 is 11.6 Å². The summed E-state index contributed by atoms with van der Waals surface area (Å²) in [6.07, 6.45) is 7.54. The molecular formula is C21H29ClO3. The standard InChI is InChI=1S/C21H29ClO3/c1-12(23)21(25)9-7-16-15-5-4-13-10-14(24)6-8-19(13,2)18(15)17(22)11-20(16,21)3/h10,15-18,25H,4-9,11H2,1-3H3/t15-,16-,17?,18+,19-,20-,21-/m0/s1. The van der Waals surface area contributed by atoms with Crippen LogP contribution < -0.4 is 0 Å². The fraction of sp³-hybridized carbons (Fsp3) is 0.810. The van der Waals surface area contributed by atoms with E-state index in [1.165, 1.54) is 12.5 Å². The smallest absolute Gasteiger partial charge is 0.161 e. The summed E-state index contributed by atoms with van der Waals surface area (Å²) >= 11 is 6.99. The molecule has 0 heterocycles. The van der Waals surface area contributed by atoms with Crippen molar-refractivity contribution in [2.24, 2.45) is 28.6 Å². The Hall–Kier alpha value is -0.670. The van der Waals surface area contributed by atoms with Crippen LogP contribution in [0.2, 0.25) is 0 Å². The van der Waals surface area contributed by atoms with Crippen molar-refractivity contribution < 1.29 is 14.7 Å². The van der Waals surface area contributed by atoms with Crippen molar-refractivity contribution in [3.63, 3.8) is 0 Å². The Morgan fingerprint density at radius 2 is 1.96 bits per heavy atom. The van der Waals surface area contributed by atoms with Gasteiger partial charge in [-0.3, -0.25) is 9.59 Å². The summed E-state index contributed by atoms with van der Waals surface area (Å²) in [7, 11) is 0. The summed E-state index contributed by atoms with van der Waals surface area (Å²) in [5.74, 6) is 1.27. The Labute approximate surface area is 155 Å². The van der Waals surface area contributed by atoms with E-state index in [1.807, 2.05) is 6.08 Å². The highest BCUT2D eigenvalue weighted by molar-refractivity contribution is 6.21. The third-order valence-electron chi connectivity index (χ3n) is 8.59. The fourth-order valence-electron chi connectivity index (χ4n) is 7.20. The Bertz CT molecular complexity index is 670. The molecule has 4 heteroatoms. The lowest BCUT2D eigenvalue weighted by molar-refractivity contribution is -0.159. The van der Waals surface area contributed by atoms with Crippen LogP contribution in [0.1, 0.15) is 65.7 Å². The average molecular weight is 365 g/mol. The van der Waals surface area contributed by atoms with Gasteiger partial charge in [-0.25, -0.2) is 0 Å². The highest BCUT2D eigenvalue weighted by atomic mass is 35.5. The van der Waals surface area contributed by atoms with Gasteiger partial charge in [0.15, 0.2) is 11.6 Å². The van der Waals surface area contributed by atoms with E-state index in [4.69, 9.17) is 11.6 Å². The van der Waals surface area contributed by atoms with Crippen molar-refractivity contribution in [3.8, 4) is 0 Å². The summed E-state index contributed by atoms with van der Waals surface area (Å²) in [6, 6.07) is 0. The quantitative estimate of drug-likeness (QED) is 0.714. The molecule has 0 saturated heterocycles. The van der Waals surface area contributed by atoms with Gasteiger partial charge in [-0.05, 0) is 74.7 Å². The zero-order valence-electron chi connectivity index (χ0n) is 15.5. The predicted molar refractivity (Wildman–Crippen MR) is 97.4 cm³/mol. The van der Waals surface area contributed by atoms with Gasteiger partial charge in [0.05, 0.1) is 0 Å². The first-order chi connectivity index (χ1) is 11.6. The number of carbonyl (C=O) groups is 2. The molecule has 0 aliphatic heterocycles. The number of alkyl halides is 1. The number of ketones is 2. The Balaban J connectivity index is 1.75. The van der Waals surface area contributed by atoms with Gasteiger partial charge >= 0.3 is 0 Å². The zero-order valence-corrected chi connectivity index (χ0v) is 16.2. The van der Waals surface area contributed by atoms with Crippen molar-refractivity contribution in [1.82, 2.24) is 0 Å². The van der Waals surface area contributed by atoms with Crippen LogP contribution in [0.15, 0.2) is 11.6 Å². The molecule has 0 amide bonds. The summed E-state index contributed by atoms with van der Waals surface area (Å²) < 4.78 is 0. The fourth-order valence-corrected chi connectivity index (χ4v) is 7.98. The van der Waals surface area contributed by atoms with Crippen LogP contribution in [0, 0.1) is 28.6 Å². The second-order valence-corrected chi connectivity index (χ2v) is 10.0. The van der Waals surface area contributed by atoms with Crippen LogP contribution in [-0.4, -0.2) is 27.7 Å². The molecule has 138 valence electrons. The van der Waals surface area contributed by atoms with Crippen LogP contribution in [0.25, 0.3) is 0 Å². The lowest BCUT2D eigenvalue weighted by atomic mass is 9.46. The first kappa shape index (κ1) is 17.7. The van der Waals surface area contributed by atoms with Crippen LogP contribution in [0.3, 0.4) is 0 Å². The summed E-state index contributed by atoms with van der Waals surface area (Å²) in [4.78, 5) is 24.2. The van der Waals surface area contributed by atoms with Gasteiger partial charge in [-0.2, -0.15) is 0 Å². The molecule has 3 nitrogen and oxygen atoms in total. The van der Waals surface area contributed by atoms with Crippen molar-refractivity contribution in [3.05, 3.63) is 11.6 Å². The zero-order chi connectivity index (χ0) is 18.2. The topological polar surface area (TPSA) is 54.4 Å². The van der Waals surface area contributed by atoms with Gasteiger partial charge in [0, 0.05) is 17.2 Å². The third kappa shape index (κ3) is 2.15. The number of allylic oxidation sites excluding steroid dienone is 1. The highest BCUT2D eigenvalue weighted by Crippen LogP contribution is 2.68. The molecule has 0 bridgehead atoms. The monoisotopic (exact) mass is 364 g/mol. The van der Waals surface area contributed by atoms with Crippen LogP contribution in [0.4, 0.5) is 0 Å². The number of aliphatic hydroxyl groups is 1. The van der Waals surface area contributed by atoms with Crippen molar-refractivity contribution >= 4 is 23.2 Å². The van der Waals surface area contributed by atoms with E-state index in [0.29, 0.717) is 37.0 Å². The Morgan fingerprint density at radius 1 is 1.24 bits per heavy atom. The Morgan fingerprint density at radius 3 is 2.64 bits per heavy atom. The number of rotatable bonds is 1. The second-order valence-electron chi connectivity index (χ2n) is 9.48. The van der Waals surface area contributed by atoms with Crippen LogP contribution in [0.5, 0.6) is 0 Å². The number of halogens is 1. The van der Waals surface area contributed by atoms with Gasteiger partial charge in [0.1, 0.15) is 5.60 Å². The lowest BCUT2D eigenvalue weighted by Gasteiger charge is -2.60. The van der Waals surface area contributed by atoms with Crippen molar-refractivity contribution in [1.29, 1.82) is 0 Å². The molecule has 1 unspecified atom stereocenters. The van der Waals surface area contributed by atoms with E-state index in [9.17, 15) is 14.7 Å². The maximum atomic E-state index is 12.3. The second kappa shape index (κ2) is 5.42. The number of fused-ring (bicyclic) bond motifs is 5. The molecule has 0 aromatic heterocycles. The molecule has 1 N–H and O–H groups in total. The Kier molecular flexibility index (Phi) is 3.84. The lowest BCUT2D eigenvalue weighted by Crippen LogP contribution is -2.60. The molecule has 0 aromatic carbocycles. The maximum Gasteiger partial charge on any atom is 0.161 e. The van der Waals surface area contributed by atoms with Gasteiger partial charge in [-0.15, -0.1) is 11.6 Å². The molecule has 3 saturated carbocycles. The predicted octanol–water partition coefficient (Wildman–Crippen LogP) is 4.06. The minimum atomic E-state index is -1.23. The number of hydrogen-bond acceptors (Lipinski definition) is 3. The third-order valence-corrected chi connectivity index (χ3v) is 9.02. The number of carbonyl (C=O) groups excluding carboxylic acids is 2. The minimum absolute atomic E-state index is 0.00149. The number of Topliss-reactive ketones (excluding diaryl/α,β-unsaturated/α-hetero) is 1.